The van der Waals surface area contributed by atoms with Crippen LogP contribution in [0.5, 0.6) is 0 Å². The summed E-state index contributed by atoms with van der Waals surface area (Å²) < 4.78 is 152. The molecule has 0 spiro atoms. The first-order chi connectivity index (χ1) is 31.8. The molecule has 36 heteroatoms. The van der Waals surface area contributed by atoms with Crippen LogP contribution in [0.1, 0.15) is 32.6 Å². The monoisotopic (exact) mass is 1060 g/mol. The van der Waals surface area contributed by atoms with E-state index in [1.54, 1.807) is 0 Å². The third-order valence-electron chi connectivity index (χ3n) is 10.6. The molecule has 19 atom stereocenters. The van der Waals surface area contributed by atoms with Gasteiger partial charge in [0.25, 0.3) is 0 Å². The van der Waals surface area contributed by atoms with Gasteiger partial charge in [0.2, 0.25) is 0 Å². The predicted molar refractivity (Wildman–Crippen MR) is 211 cm³/mol. The third-order valence-corrected chi connectivity index (χ3v) is 12.4. The van der Waals surface area contributed by atoms with Gasteiger partial charge in [0.05, 0.1) is 63.4 Å². The maximum atomic E-state index is 11.7. The fourth-order valence-electron chi connectivity index (χ4n) is 7.34. The fraction of sp³-hybridized carbons (Fsp3) is 1.00. The summed E-state index contributed by atoms with van der Waals surface area (Å²) in [6, 6.07) is -2.90. The van der Waals surface area contributed by atoms with Crippen molar-refractivity contribution in [2.24, 2.45) is 0 Å². The second kappa shape index (κ2) is 27.5. The number of hydrogen-bond acceptors (Lipinski definition) is 32. The van der Waals surface area contributed by atoms with E-state index in [1.165, 1.54) is 7.11 Å². The summed E-state index contributed by atoms with van der Waals surface area (Å²) in [5, 5.41) is 80.6. The first-order valence-electron chi connectivity index (χ1n) is 20.2. The number of nitrogens with one attached hydrogen (secondary N) is 2. The van der Waals surface area contributed by atoms with Crippen LogP contribution in [0.25, 0.3) is 0 Å². The molecule has 0 aromatic rings. The minimum Gasteiger partial charge on any atom is -0.390 e. The van der Waals surface area contributed by atoms with Gasteiger partial charge in [-0.1, -0.05) is 17.0 Å². The molecule has 11 N–H and O–H groups in total. The first kappa shape index (κ1) is 57.4. The van der Waals surface area contributed by atoms with Crippen LogP contribution in [-0.4, -0.2) is 226 Å². The van der Waals surface area contributed by atoms with Gasteiger partial charge in [-0.25, -0.2) is 28.3 Å². The van der Waals surface area contributed by atoms with Gasteiger partial charge < -0.3 is 77.6 Å². The van der Waals surface area contributed by atoms with E-state index in [-0.39, 0.29) is 50.5 Å². The summed E-state index contributed by atoms with van der Waals surface area (Å²) in [7, 11) is -8.86. The van der Waals surface area contributed by atoms with E-state index in [4.69, 9.17) is 62.6 Å². The van der Waals surface area contributed by atoms with Crippen molar-refractivity contribution in [3.63, 3.8) is 0 Å². The molecule has 5 heterocycles. The molecule has 5 fully saturated rings. The average molecular weight is 1070 g/mol. The summed E-state index contributed by atoms with van der Waals surface area (Å²) in [6.45, 7) is -0.686. The zero-order valence-electron chi connectivity index (χ0n) is 35.3. The summed E-state index contributed by atoms with van der Waals surface area (Å²) in [4.78, 5) is 0. The number of rotatable bonds is 26. The highest BCUT2D eigenvalue weighted by atomic mass is 32.3. The SMILES string of the molecule is CCCO[C@@H]1CO[C@@H](O[C@@H]2C(COS(=O)(=O)O)O[C@@H](O[C@H]3CO[C@@H](O[C@@H]4C(COS(=O)(=O)O)O[C@@H](O[C@H]5CO[C@@H](OC)C[C@@H]5O)C(NSOOO)[C@H]4O)C[C@@H]3O)C(NSOOO)[C@H]2O)C[C@@H]1O. The molecule has 5 aliphatic heterocycles. The van der Waals surface area contributed by atoms with Crippen molar-refractivity contribution in [3.05, 3.63) is 0 Å². The molecular weight excluding hydrogens is 1010 g/mol. The topological polar surface area (TPSA) is 431 Å². The molecule has 5 rings (SSSR count). The summed E-state index contributed by atoms with van der Waals surface area (Å²) >= 11 is 0.447. The Bertz CT molecular complexity index is 1670. The standard InChI is InChI=1S/C31H56N2O30S4/c1-3-4-48-16-8-50-22(6-13(16)34)58-28-19(11-52-66(41,42)43)57-31(25(26(28)37)33-65-63-61-40)55-18-10-51-23(7-15(18)36)59-29-20(12-53-67(44,45)46)56-30(24(27(29)38)32-64-62-60-39)54-17-9-49-21(47-2)5-14(17)35/h13-40H,3-12H2,1-2H3,(H,41,42,43)(H,44,45,46)/t13-,14-,15-,16+,17-,18-,19?,20?,21+,22-,23-,24?,25?,26+,27+,28+,29+,30+,31+/m0/s1. The Morgan fingerprint density at radius 2 is 1.01 bits per heavy atom. The van der Waals surface area contributed by atoms with Crippen LogP contribution < -0.4 is 9.44 Å². The number of ether oxygens (including phenoxy) is 11. The number of aliphatic hydroxyl groups excluding tert-OH is 5. The molecule has 394 valence electrons. The molecule has 67 heavy (non-hydrogen) atoms. The predicted octanol–water partition coefficient (Wildman–Crippen LogP) is -4.01. The van der Waals surface area contributed by atoms with E-state index >= 15 is 0 Å². The largest absolute Gasteiger partial charge is 0.397 e. The van der Waals surface area contributed by atoms with Gasteiger partial charge in [-0.2, -0.15) is 16.8 Å². The van der Waals surface area contributed by atoms with E-state index in [2.05, 4.69) is 36.6 Å². The zero-order valence-corrected chi connectivity index (χ0v) is 38.5. The Morgan fingerprint density at radius 1 is 0.612 bits per heavy atom. The molecule has 4 unspecified atom stereocenters. The molecule has 0 bridgehead atoms. The highest BCUT2D eigenvalue weighted by Gasteiger charge is 2.53. The second-order valence-corrected chi connectivity index (χ2v) is 18.4. The minimum absolute atomic E-state index is 0.0375. The summed E-state index contributed by atoms with van der Waals surface area (Å²) in [6.07, 6.45) is -23.8. The van der Waals surface area contributed by atoms with Gasteiger partial charge in [0, 0.05) is 33.0 Å². The van der Waals surface area contributed by atoms with Gasteiger partial charge in [0.1, 0.15) is 79.4 Å². The van der Waals surface area contributed by atoms with Gasteiger partial charge in [-0.3, -0.25) is 9.11 Å². The van der Waals surface area contributed by atoms with Crippen LogP contribution in [0.15, 0.2) is 0 Å². The Morgan fingerprint density at radius 3 is 1.39 bits per heavy atom. The van der Waals surface area contributed by atoms with Gasteiger partial charge in [0.15, 0.2) is 31.5 Å². The maximum Gasteiger partial charge on any atom is 0.397 e. The van der Waals surface area contributed by atoms with E-state index in [1.807, 2.05) is 6.92 Å². The molecule has 5 saturated heterocycles. The molecule has 0 aromatic heterocycles. The third kappa shape index (κ3) is 17.6. The second-order valence-electron chi connectivity index (χ2n) is 15.1. The highest BCUT2D eigenvalue weighted by molar-refractivity contribution is 7.92. The summed E-state index contributed by atoms with van der Waals surface area (Å²) in [5.41, 5.74) is 0. The van der Waals surface area contributed by atoms with Crippen molar-refractivity contribution in [1.82, 2.24) is 9.44 Å². The van der Waals surface area contributed by atoms with Crippen LogP contribution in [0.3, 0.4) is 0 Å². The molecule has 0 radical (unpaired) electrons. The van der Waals surface area contributed by atoms with Crippen molar-refractivity contribution in [3.8, 4) is 0 Å². The van der Waals surface area contributed by atoms with Gasteiger partial charge in [-0.05, 0) is 6.42 Å². The number of hydrogen-bond donors (Lipinski definition) is 11. The lowest BCUT2D eigenvalue weighted by Gasteiger charge is -2.48. The molecule has 0 amide bonds. The Labute approximate surface area is 391 Å². The van der Waals surface area contributed by atoms with Crippen LogP contribution in [0.2, 0.25) is 0 Å². The molecule has 0 aliphatic carbocycles. The normalized spacial score (nSPS) is 40.2. The first-order valence-corrected chi connectivity index (χ1v) is 24.4. The minimum atomic E-state index is -5.12. The molecule has 32 nitrogen and oxygen atoms in total. The van der Waals surface area contributed by atoms with Gasteiger partial charge >= 0.3 is 20.8 Å². The average Bonchev–Trinajstić information content (AvgIpc) is 3.27. The van der Waals surface area contributed by atoms with Crippen molar-refractivity contribution < 1.29 is 141 Å². The van der Waals surface area contributed by atoms with E-state index in [0.717, 1.165) is 0 Å². The lowest BCUT2D eigenvalue weighted by Crippen LogP contribution is -2.66. The van der Waals surface area contributed by atoms with Crippen LogP contribution >= 0.6 is 24.5 Å². The quantitative estimate of drug-likeness (QED) is 0.00982. The summed E-state index contributed by atoms with van der Waals surface area (Å²) in [5.74, 6) is 0. The smallest absolute Gasteiger partial charge is 0.390 e. The van der Waals surface area contributed by atoms with Crippen LogP contribution in [0.4, 0.5) is 0 Å². The maximum absolute atomic E-state index is 11.7. The Kier molecular flexibility index (Phi) is 23.6. The van der Waals surface area contributed by atoms with E-state index in [9.17, 15) is 51.5 Å². The lowest BCUT2D eigenvalue weighted by atomic mass is 9.96. The highest BCUT2D eigenvalue weighted by Crippen LogP contribution is 2.34. The lowest BCUT2D eigenvalue weighted by molar-refractivity contribution is -0.432. The molecule has 0 saturated carbocycles. The Balaban J connectivity index is 1.29. The van der Waals surface area contributed by atoms with E-state index in [0.29, 0.717) is 13.0 Å². The number of methoxy groups -OCH3 is 1. The zero-order chi connectivity index (χ0) is 48.9. The van der Waals surface area contributed by atoms with Crippen LogP contribution in [0, 0.1) is 0 Å². The van der Waals surface area contributed by atoms with Crippen molar-refractivity contribution in [2.75, 3.05) is 46.8 Å². The molecule has 0 aromatic carbocycles. The van der Waals surface area contributed by atoms with Crippen molar-refractivity contribution in [2.45, 2.75) is 149 Å². The van der Waals surface area contributed by atoms with Crippen molar-refractivity contribution >= 4 is 45.3 Å². The van der Waals surface area contributed by atoms with E-state index < -0.39 is 164 Å². The van der Waals surface area contributed by atoms with Crippen molar-refractivity contribution in [1.29, 1.82) is 0 Å². The van der Waals surface area contributed by atoms with Gasteiger partial charge in [-0.15, -0.1) is 8.67 Å². The molecular formula is C31H56N2O30S4. The fourth-order valence-corrected chi connectivity index (χ4v) is 8.82. The Hall–Kier alpha value is -0.520. The van der Waals surface area contributed by atoms with Crippen LogP contribution in [-0.2, 0) is 100 Å². The number of aliphatic hydroxyl groups is 5. The molecule has 5 aliphatic rings.